The Morgan fingerprint density at radius 1 is 1.33 bits per heavy atom. The van der Waals surface area contributed by atoms with Gasteiger partial charge in [0, 0.05) is 17.6 Å². The number of sulfone groups is 1. The molecule has 1 saturated heterocycles. The highest BCUT2D eigenvalue weighted by atomic mass is 79.9. The summed E-state index contributed by atoms with van der Waals surface area (Å²) in [6, 6.07) is 7.42. The molecule has 1 aromatic rings. The molecule has 1 aromatic carbocycles. The Kier molecular flexibility index (Phi) is 3.90. The largest absolute Gasteiger partial charge is 0.317 e. The van der Waals surface area contributed by atoms with Gasteiger partial charge in [0.1, 0.15) is 6.07 Å². The fourth-order valence-electron chi connectivity index (χ4n) is 1.70. The molecular weight excluding hydrogens is 318 g/mol. The minimum atomic E-state index is -2.89. The van der Waals surface area contributed by atoms with Gasteiger partial charge in [-0.25, -0.2) is 13.4 Å². The Bertz CT molecular complexity index is 581. The van der Waals surface area contributed by atoms with Crippen LogP contribution >= 0.6 is 15.9 Å². The SMILES string of the molecule is N#Cc1ccc(Br)cc1NN1CCS(=O)(=O)CC1. The molecule has 0 amide bonds. The number of halogens is 1. The minimum absolute atomic E-state index is 0.149. The van der Waals surface area contributed by atoms with Crippen molar-refractivity contribution in [1.29, 1.82) is 5.26 Å². The van der Waals surface area contributed by atoms with Crippen molar-refractivity contribution < 1.29 is 8.42 Å². The third kappa shape index (κ3) is 3.22. The summed E-state index contributed by atoms with van der Waals surface area (Å²) in [5.74, 6) is 0.297. The summed E-state index contributed by atoms with van der Waals surface area (Å²) in [5, 5.41) is 10.8. The Hall–Kier alpha value is -1.10. The average Bonchev–Trinajstić information content (AvgIpc) is 2.32. The summed E-state index contributed by atoms with van der Waals surface area (Å²) in [7, 11) is -2.89. The zero-order chi connectivity index (χ0) is 13.2. The number of hydrazine groups is 1. The van der Waals surface area contributed by atoms with Crippen LogP contribution in [0.2, 0.25) is 0 Å². The highest BCUT2D eigenvalue weighted by Gasteiger charge is 2.21. The second-order valence-electron chi connectivity index (χ2n) is 4.05. The molecule has 0 unspecified atom stereocenters. The van der Waals surface area contributed by atoms with Crippen LogP contribution in [0.4, 0.5) is 5.69 Å². The van der Waals surface area contributed by atoms with Gasteiger partial charge in [-0.2, -0.15) is 5.26 Å². The number of nitriles is 1. The van der Waals surface area contributed by atoms with E-state index in [1.54, 1.807) is 12.1 Å². The summed E-state index contributed by atoms with van der Waals surface area (Å²) in [4.78, 5) is 0. The molecule has 0 atom stereocenters. The van der Waals surface area contributed by atoms with E-state index in [1.165, 1.54) is 0 Å². The first kappa shape index (κ1) is 13.3. The van der Waals surface area contributed by atoms with Crippen LogP contribution in [0.25, 0.3) is 0 Å². The molecule has 1 aliphatic rings. The van der Waals surface area contributed by atoms with Gasteiger partial charge in [0.25, 0.3) is 0 Å². The van der Waals surface area contributed by atoms with Crippen molar-refractivity contribution in [3.8, 4) is 6.07 Å². The molecule has 0 spiro atoms. The standard InChI is InChI=1S/C11H12BrN3O2S/c12-10-2-1-9(8-13)11(7-10)14-15-3-5-18(16,17)6-4-15/h1-2,7,14H,3-6H2. The van der Waals surface area contributed by atoms with E-state index in [0.717, 1.165) is 4.47 Å². The lowest BCUT2D eigenvalue weighted by Crippen LogP contribution is -2.43. The van der Waals surface area contributed by atoms with Crippen LogP contribution in [0.3, 0.4) is 0 Å². The number of rotatable bonds is 2. The Morgan fingerprint density at radius 3 is 2.61 bits per heavy atom. The van der Waals surface area contributed by atoms with Gasteiger partial charge in [-0.3, -0.25) is 0 Å². The second kappa shape index (κ2) is 5.26. The van der Waals surface area contributed by atoms with E-state index in [-0.39, 0.29) is 11.5 Å². The third-order valence-electron chi connectivity index (χ3n) is 2.73. The van der Waals surface area contributed by atoms with E-state index >= 15 is 0 Å². The zero-order valence-electron chi connectivity index (χ0n) is 9.56. The monoisotopic (exact) mass is 329 g/mol. The van der Waals surface area contributed by atoms with Crippen molar-refractivity contribution in [3.05, 3.63) is 28.2 Å². The lowest BCUT2D eigenvalue weighted by atomic mass is 10.2. The van der Waals surface area contributed by atoms with E-state index in [0.29, 0.717) is 24.3 Å². The highest BCUT2D eigenvalue weighted by molar-refractivity contribution is 9.10. The summed E-state index contributed by atoms with van der Waals surface area (Å²) >= 11 is 3.34. The van der Waals surface area contributed by atoms with E-state index < -0.39 is 9.84 Å². The summed E-state index contributed by atoms with van der Waals surface area (Å²) in [5.41, 5.74) is 4.32. The normalized spacial score (nSPS) is 19.1. The maximum atomic E-state index is 11.3. The van der Waals surface area contributed by atoms with E-state index in [2.05, 4.69) is 27.4 Å². The Balaban J connectivity index is 2.11. The van der Waals surface area contributed by atoms with Crippen LogP contribution in [0, 0.1) is 11.3 Å². The molecule has 5 nitrogen and oxygen atoms in total. The topological polar surface area (TPSA) is 73.2 Å². The van der Waals surface area contributed by atoms with E-state index in [4.69, 9.17) is 5.26 Å². The smallest absolute Gasteiger partial charge is 0.152 e. The fourth-order valence-corrected chi connectivity index (χ4v) is 3.26. The molecule has 1 aliphatic heterocycles. The first-order chi connectivity index (χ1) is 8.50. The lowest BCUT2D eigenvalue weighted by Gasteiger charge is -2.28. The Morgan fingerprint density at radius 2 is 2.00 bits per heavy atom. The van der Waals surface area contributed by atoms with Crippen LogP contribution < -0.4 is 5.43 Å². The minimum Gasteiger partial charge on any atom is -0.317 e. The van der Waals surface area contributed by atoms with Crippen LogP contribution in [-0.2, 0) is 9.84 Å². The molecule has 7 heteroatoms. The quantitative estimate of drug-likeness (QED) is 0.887. The number of hydrogen-bond donors (Lipinski definition) is 1. The number of anilines is 1. The van der Waals surface area contributed by atoms with Crippen molar-refractivity contribution in [2.75, 3.05) is 30.0 Å². The number of nitrogens with zero attached hydrogens (tertiary/aromatic N) is 2. The average molecular weight is 330 g/mol. The van der Waals surface area contributed by atoms with Crippen molar-refractivity contribution in [1.82, 2.24) is 5.01 Å². The van der Waals surface area contributed by atoms with Crippen molar-refractivity contribution in [3.63, 3.8) is 0 Å². The van der Waals surface area contributed by atoms with Gasteiger partial charge in [0.15, 0.2) is 9.84 Å². The number of nitrogens with one attached hydrogen (secondary N) is 1. The molecule has 0 bridgehead atoms. The number of hydrogen-bond acceptors (Lipinski definition) is 5. The number of benzene rings is 1. The summed E-state index contributed by atoms with van der Waals surface area (Å²) in [6.45, 7) is 0.861. The maximum absolute atomic E-state index is 11.3. The van der Waals surface area contributed by atoms with Gasteiger partial charge in [-0.15, -0.1) is 0 Å². The fraction of sp³-hybridized carbons (Fsp3) is 0.364. The summed E-state index contributed by atoms with van der Waals surface area (Å²) in [6.07, 6.45) is 0. The van der Waals surface area contributed by atoms with Gasteiger partial charge < -0.3 is 5.43 Å². The van der Waals surface area contributed by atoms with Gasteiger partial charge in [-0.05, 0) is 18.2 Å². The van der Waals surface area contributed by atoms with Crippen LogP contribution in [0.15, 0.2) is 22.7 Å². The van der Waals surface area contributed by atoms with Crippen LogP contribution in [-0.4, -0.2) is 38.0 Å². The molecule has 96 valence electrons. The van der Waals surface area contributed by atoms with Crippen LogP contribution in [0.5, 0.6) is 0 Å². The molecule has 2 rings (SSSR count). The molecule has 1 N–H and O–H groups in total. The predicted octanol–water partition coefficient (Wildman–Crippen LogP) is 1.38. The van der Waals surface area contributed by atoms with E-state index in [9.17, 15) is 8.42 Å². The molecule has 1 fully saturated rings. The van der Waals surface area contributed by atoms with Crippen molar-refractivity contribution >= 4 is 31.5 Å². The highest BCUT2D eigenvalue weighted by Crippen LogP contribution is 2.21. The molecule has 0 aromatic heterocycles. The third-order valence-corrected chi connectivity index (χ3v) is 4.83. The molecule has 0 saturated carbocycles. The molecular formula is C11H12BrN3O2S. The summed E-state index contributed by atoms with van der Waals surface area (Å²) < 4.78 is 23.5. The van der Waals surface area contributed by atoms with Gasteiger partial charge in [-0.1, -0.05) is 15.9 Å². The van der Waals surface area contributed by atoms with Gasteiger partial charge in [0.05, 0.1) is 22.8 Å². The first-order valence-corrected chi connectivity index (χ1v) is 8.03. The molecule has 1 heterocycles. The predicted molar refractivity (Wildman–Crippen MR) is 72.7 cm³/mol. The van der Waals surface area contributed by atoms with E-state index in [1.807, 2.05) is 11.1 Å². The van der Waals surface area contributed by atoms with Crippen molar-refractivity contribution in [2.45, 2.75) is 0 Å². The maximum Gasteiger partial charge on any atom is 0.152 e. The van der Waals surface area contributed by atoms with Crippen molar-refractivity contribution in [2.24, 2.45) is 0 Å². The first-order valence-electron chi connectivity index (χ1n) is 5.42. The van der Waals surface area contributed by atoms with Crippen LogP contribution in [0.1, 0.15) is 5.56 Å². The Labute approximate surface area is 114 Å². The second-order valence-corrected chi connectivity index (χ2v) is 7.27. The lowest BCUT2D eigenvalue weighted by molar-refractivity contribution is 0.355. The van der Waals surface area contributed by atoms with Gasteiger partial charge >= 0.3 is 0 Å². The molecule has 0 aliphatic carbocycles. The zero-order valence-corrected chi connectivity index (χ0v) is 12.0. The van der Waals surface area contributed by atoms with Gasteiger partial charge in [0.2, 0.25) is 0 Å². The molecule has 0 radical (unpaired) electrons. The molecule has 18 heavy (non-hydrogen) atoms.